The van der Waals surface area contributed by atoms with Crippen LogP contribution in [-0.2, 0) is 9.84 Å². The molecule has 7 heteroatoms. The van der Waals surface area contributed by atoms with Crippen molar-refractivity contribution in [2.45, 2.75) is 0 Å². The second-order valence-electron chi connectivity index (χ2n) is 4.02. The van der Waals surface area contributed by atoms with Gasteiger partial charge in [-0.25, -0.2) is 17.6 Å². The van der Waals surface area contributed by atoms with E-state index in [2.05, 4.69) is 0 Å². The monoisotopic (exact) mass is 275 g/mol. The number of carboxylic acid groups (broad SMARTS) is 1. The summed E-state index contributed by atoms with van der Waals surface area (Å²) in [5.41, 5.74) is 0.0245. The van der Waals surface area contributed by atoms with Gasteiger partial charge in [0.05, 0.1) is 17.0 Å². The normalized spacial score (nSPS) is 11.3. The van der Waals surface area contributed by atoms with Crippen molar-refractivity contribution >= 4 is 21.5 Å². The van der Waals surface area contributed by atoms with E-state index in [1.807, 2.05) is 0 Å². The molecule has 1 aromatic carbocycles. The fourth-order valence-corrected chi connectivity index (χ4v) is 1.98. The Morgan fingerprint density at radius 3 is 2.50 bits per heavy atom. The van der Waals surface area contributed by atoms with E-state index in [0.717, 1.165) is 12.3 Å². The van der Waals surface area contributed by atoms with Crippen LogP contribution in [0.5, 0.6) is 0 Å². The lowest BCUT2D eigenvalue weighted by Crippen LogP contribution is -2.25. The summed E-state index contributed by atoms with van der Waals surface area (Å²) in [6, 6.07) is 3.51. The van der Waals surface area contributed by atoms with Crippen molar-refractivity contribution in [1.82, 2.24) is 0 Å². The number of anilines is 1. The number of hydrogen-bond acceptors (Lipinski definition) is 4. The van der Waals surface area contributed by atoms with Gasteiger partial charge in [-0.3, -0.25) is 0 Å². The van der Waals surface area contributed by atoms with Gasteiger partial charge >= 0.3 is 5.97 Å². The van der Waals surface area contributed by atoms with Crippen LogP contribution in [0.4, 0.5) is 10.1 Å². The Kier molecular flexibility index (Phi) is 4.28. The molecule has 0 spiro atoms. The van der Waals surface area contributed by atoms with Crippen LogP contribution in [-0.4, -0.2) is 45.1 Å². The summed E-state index contributed by atoms with van der Waals surface area (Å²) >= 11 is 0. The Labute approximate surface area is 105 Å². The van der Waals surface area contributed by atoms with Crippen LogP contribution in [0.3, 0.4) is 0 Å². The molecule has 0 aromatic heterocycles. The number of carbonyl (C=O) groups is 1. The number of nitrogens with zero attached hydrogens (tertiary/aromatic N) is 1. The molecule has 0 saturated carbocycles. The Morgan fingerprint density at radius 2 is 2.06 bits per heavy atom. The zero-order chi connectivity index (χ0) is 13.9. The van der Waals surface area contributed by atoms with E-state index in [0.29, 0.717) is 0 Å². The van der Waals surface area contributed by atoms with Gasteiger partial charge < -0.3 is 10.0 Å². The summed E-state index contributed by atoms with van der Waals surface area (Å²) in [7, 11) is -1.57. The molecule has 0 radical (unpaired) electrons. The molecule has 5 nitrogen and oxygen atoms in total. The van der Waals surface area contributed by atoms with E-state index in [1.54, 1.807) is 7.05 Å². The minimum Gasteiger partial charge on any atom is -0.478 e. The van der Waals surface area contributed by atoms with Crippen LogP contribution in [0.15, 0.2) is 18.2 Å². The number of rotatable bonds is 5. The van der Waals surface area contributed by atoms with Gasteiger partial charge in [0.2, 0.25) is 0 Å². The third-order valence-electron chi connectivity index (χ3n) is 2.40. The molecule has 100 valence electrons. The largest absolute Gasteiger partial charge is 0.478 e. The number of sulfone groups is 1. The van der Waals surface area contributed by atoms with Gasteiger partial charge in [-0.15, -0.1) is 0 Å². The van der Waals surface area contributed by atoms with Crippen LogP contribution in [0.25, 0.3) is 0 Å². The predicted molar refractivity (Wildman–Crippen MR) is 66.3 cm³/mol. The number of halogens is 1. The lowest BCUT2D eigenvalue weighted by atomic mass is 10.2. The quantitative estimate of drug-likeness (QED) is 0.868. The Hall–Kier alpha value is -1.63. The maximum atomic E-state index is 13.6. The first-order chi connectivity index (χ1) is 8.20. The average Bonchev–Trinajstić information content (AvgIpc) is 2.24. The van der Waals surface area contributed by atoms with E-state index >= 15 is 0 Å². The van der Waals surface area contributed by atoms with Crippen molar-refractivity contribution in [3.8, 4) is 0 Å². The molecule has 1 N–H and O–H groups in total. The van der Waals surface area contributed by atoms with E-state index in [9.17, 15) is 17.6 Å². The van der Waals surface area contributed by atoms with Gasteiger partial charge in [-0.05, 0) is 18.2 Å². The van der Waals surface area contributed by atoms with Crippen molar-refractivity contribution < 1.29 is 22.7 Å². The van der Waals surface area contributed by atoms with Crippen molar-refractivity contribution in [2.75, 3.05) is 30.5 Å². The van der Waals surface area contributed by atoms with Crippen LogP contribution in [0.2, 0.25) is 0 Å². The Morgan fingerprint density at radius 1 is 1.44 bits per heavy atom. The molecule has 0 aliphatic heterocycles. The second kappa shape index (κ2) is 5.34. The minimum absolute atomic E-state index is 0.0936. The first-order valence-electron chi connectivity index (χ1n) is 5.12. The van der Waals surface area contributed by atoms with Crippen LogP contribution in [0, 0.1) is 5.82 Å². The highest BCUT2D eigenvalue weighted by atomic mass is 32.2. The smallest absolute Gasteiger partial charge is 0.335 e. The molecule has 0 unspecified atom stereocenters. The summed E-state index contributed by atoms with van der Waals surface area (Å²) < 4.78 is 35.6. The molecule has 0 heterocycles. The maximum Gasteiger partial charge on any atom is 0.335 e. The van der Waals surface area contributed by atoms with Gasteiger partial charge in [0.1, 0.15) is 15.7 Å². The summed E-state index contributed by atoms with van der Waals surface area (Å²) in [5, 5.41) is 8.69. The molecular formula is C11H14FNO4S. The minimum atomic E-state index is -3.12. The second-order valence-corrected chi connectivity index (χ2v) is 6.28. The SMILES string of the molecule is CN(CCS(C)(=O)=O)c1ccc(C(=O)O)cc1F. The number of carboxylic acids is 1. The van der Waals surface area contributed by atoms with Crippen molar-refractivity contribution in [2.24, 2.45) is 0 Å². The molecule has 1 rings (SSSR count). The average molecular weight is 275 g/mol. The molecule has 0 bridgehead atoms. The fraction of sp³-hybridized carbons (Fsp3) is 0.364. The molecule has 0 aliphatic rings. The summed E-state index contributed by atoms with van der Waals surface area (Å²) in [6.07, 6.45) is 1.10. The van der Waals surface area contributed by atoms with Gasteiger partial charge in [-0.2, -0.15) is 0 Å². The highest BCUT2D eigenvalue weighted by Crippen LogP contribution is 2.19. The number of benzene rings is 1. The van der Waals surface area contributed by atoms with Gasteiger partial charge in [0.25, 0.3) is 0 Å². The molecule has 0 aliphatic carbocycles. The Balaban J connectivity index is 2.87. The molecule has 0 atom stereocenters. The Bertz CT molecular complexity index is 556. The van der Waals surface area contributed by atoms with Gasteiger partial charge in [0, 0.05) is 19.8 Å². The molecule has 1 aromatic rings. The highest BCUT2D eigenvalue weighted by molar-refractivity contribution is 7.90. The third kappa shape index (κ3) is 3.99. The lowest BCUT2D eigenvalue weighted by molar-refractivity contribution is 0.0696. The first-order valence-corrected chi connectivity index (χ1v) is 7.18. The predicted octanol–water partition coefficient (Wildman–Crippen LogP) is 1.00. The molecule has 0 saturated heterocycles. The first kappa shape index (κ1) is 14.4. The van der Waals surface area contributed by atoms with Crippen LogP contribution < -0.4 is 4.90 Å². The van der Waals surface area contributed by atoms with E-state index in [4.69, 9.17) is 5.11 Å². The zero-order valence-electron chi connectivity index (χ0n) is 10.1. The van der Waals surface area contributed by atoms with Crippen molar-refractivity contribution in [1.29, 1.82) is 0 Å². The lowest BCUT2D eigenvalue weighted by Gasteiger charge is -2.19. The molecule has 0 amide bonds. The van der Waals surface area contributed by atoms with E-state index in [-0.39, 0.29) is 23.5 Å². The standard InChI is InChI=1S/C11H14FNO4S/c1-13(5-6-18(2,16)17)10-4-3-8(11(14)15)7-9(10)12/h3-4,7H,5-6H2,1-2H3,(H,14,15). The van der Waals surface area contributed by atoms with Crippen LogP contribution in [0.1, 0.15) is 10.4 Å². The third-order valence-corrected chi connectivity index (χ3v) is 3.33. The van der Waals surface area contributed by atoms with Crippen molar-refractivity contribution in [3.63, 3.8) is 0 Å². The summed E-state index contributed by atoms with van der Waals surface area (Å²) in [4.78, 5) is 12.1. The number of aromatic carboxylic acids is 1. The number of hydrogen-bond donors (Lipinski definition) is 1. The summed E-state index contributed by atoms with van der Waals surface area (Å²) in [6.45, 7) is 0.141. The van der Waals surface area contributed by atoms with Gasteiger partial charge in [-0.1, -0.05) is 0 Å². The van der Waals surface area contributed by atoms with Gasteiger partial charge in [0.15, 0.2) is 0 Å². The zero-order valence-corrected chi connectivity index (χ0v) is 10.9. The maximum absolute atomic E-state index is 13.6. The molecule has 0 fully saturated rings. The van der Waals surface area contributed by atoms with Crippen LogP contribution >= 0.6 is 0 Å². The highest BCUT2D eigenvalue weighted by Gasteiger charge is 2.13. The summed E-state index contributed by atoms with van der Waals surface area (Å²) in [5.74, 6) is -1.99. The van der Waals surface area contributed by atoms with Crippen molar-refractivity contribution in [3.05, 3.63) is 29.6 Å². The van der Waals surface area contributed by atoms with E-state index < -0.39 is 21.6 Å². The van der Waals surface area contributed by atoms with E-state index in [1.165, 1.54) is 17.0 Å². The topological polar surface area (TPSA) is 74.7 Å². The fourth-order valence-electron chi connectivity index (χ4n) is 1.37. The molecule has 18 heavy (non-hydrogen) atoms. The molecular weight excluding hydrogens is 261 g/mol.